The highest BCUT2D eigenvalue weighted by Crippen LogP contribution is 2.26. The Hall–Kier alpha value is -0.190. The lowest BCUT2D eigenvalue weighted by atomic mass is 9.97. The molecule has 0 heterocycles. The lowest BCUT2D eigenvalue weighted by molar-refractivity contribution is -0.151. The molecule has 0 saturated heterocycles. The van der Waals surface area contributed by atoms with Gasteiger partial charge in [-0.1, -0.05) is 93.1 Å². The molecule has 7 heteroatoms. The van der Waals surface area contributed by atoms with Crippen molar-refractivity contribution in [1.82, 2.24) is 0 Å². The van der Waals surface area contributed by atoms with Gasteiger partial charge >= 0.3 is 11.9 Å². The first-order valence-corrected chi connectivity index (χ1v) is 9.34. The number of rotatable bonds is 13. The van der Waals surface area contributed by atoms with Crippen LogP contribution in [0.2, 0.25) is 0 Å². The van der Waals surface area contributed by atoms with Crippen LogP contribution in [0.3, 0.4) is 0 Å². The van der Waals surface area contributed by atoms with Crippen molar-refractivity contribution in [3.05, 3.63) is 0 Å². The first-order valence-electron chi connectivity index (χ1n) is 8.21. The normalized spacial score (nSPS) is 12.9. The summed E-state index contributed by atoms with van der Waals surface area (Å²) in [5.74, 6) is -2.37. The number of carboxylic acid groups (broad SMARTS) is 1. The van der Waals surface area contributed by atoms with E-state index >= 15 is 0 Å². The fourth-order valence-electron chi connectivity index (χ4n) is 2.26. The van der Waals surface area contributed by atoms with E-state index in [9.17, 15) is 9.59 Å². The molecule has 1 N–H and O–H groups in total. The van der Waals surface area contributed by atoms with Crippen molar-refractivity contribution in [3.8, 4) is 0 Å². The summed E-state index contributed by atoms with van der Waals surface area (Å²) in [5.41, 5.74) is 0. The Kier molecular flexibility index (Phi) is 13.0. The second kappa shape index (κ2) is 13.1. The summed E-state index contributed by atoms with van der Waals surface area (Å²) in [6.07, 6.45) is 9.35. The highest BCUT2D eigenvalue weighted by molar-refractivity contribution is 6.67. The van der Waals surface area contributed by atoms with Gasteiger partial charge in [0.2, 0.25) is 3.79 Å². The third-order valence-corrected chi connectivity index (χ3v) is 3.89. The fraction of sp³-hybridized carbons (Fsp3) is 0.875. The number of hydrogen-bond acceptors (Lipinski definition) is 3. The Balaban J connectivity index is 3.86. The lowest BCUT2D eigenvalue weighted by Gasteiger charge is -2.14. The highest BCUT2D eigenvalue weighted by atomic mass is 35.6. The Bertz CT molecular complexity index is 343. The minimum atomic E-state index is -1.67. The van der Waals surface area contributed by atoms with Crippen LogP contribution >= 0.6 is 34.8 Å². The van der Waals surface area contributed by atoms with Crippen molar-refractivity contribution < 1.29 is 19.4 Å². The molecule has 4 nitrogen and oxygen atoms in total. The zero-order valence-corrected chi connectivity index (χ0v) is 15.9. The van der Waals surface area contributed by atoms with Gasteiger partial charge in [-0.25, -0.2) is 0 Å². The molecule has 1 atom stereocenters. The van der Waals surface area contributed by atoms with Gasteiger partial charge < -0.3 is 9.84 Å². The summed E-state index contributed by atoms with van der Waals surface area (Å²) in [6, 6.07) is 0. The molecule has 0 fully saturated rings. The second-order valence-corrected chi connectivity index (χ2v) is 8.29. The van der Waals surface area contributed by atoms with Crippen LogP contribution < -0.4 is 0 Å². The van der Waals surface area contributed by atoms with Crippen LogP contribution in [0.1, 0.15) is 71.1 Å². The SMILES string of the molecule is CCCCCCCCCCC(CC(=O)OCC(Cl)(Cl)Cl)C(=O)O. The van der Waals surface area contributed by atoms with Crippen molar-refractivity contribution >= 4 is 46.7 Å². The van der Waals surface area contributed by atoms with Crippen LogP contribution in [0.15, 0.2) is 0 Å². The average Bonchev–Trinajstić information content (AvgIpc) is 2.45. The summed E-state index contributed by atoms with van der Waals surface area (Å²) in [5, 5.41) is 9.16. The smallest absolute Gasteiger partial charge is 0.307 e. The van der Waals surface area contributed by atoms with E-state index in [4.69, 9.17) is 44.6 Å². The number of esters is 1. The maximum absolute atomic E-state index is 11.6. The van der Waals surface area contributed by atoms with E-state index in [-0.39, 0.29) is 13.0 Å². The van der Waals surface area contributed by atoms with E-state index < -0.39 is 21.6 Å². The maximum atomic E-state index is 11.6. The minimum Gasteiger partial charge on any atom is -0.481 e. The van der Waals surface area contributed by atoms with Crippen LogP contribution in [-0.4, -0.2) is 27.4 Å². The number of aliphatic carboxylic acids is 1. The predicted molar refractivity (Wildman–Crippen MR) is 94.2 cm³/mol. The van der Waals surface area contributed by atoms with Gasteiger partial charge in [0.25, 0.3) is 0 Å². The third kappa shape index (κ3) is 15.1. The van der Waals surface area contributed by atoms with E-state index in [1.54, 1.807) is 0 Å². The molecule has 0 aromatic rings. The Labute approximate surface area is 153 Å². The van der Waals surface area contributed by atoms with Crippen molar-refractivity contribution in [2.45, 2.75) is 74.9 Å². The molecule has 0 bridgehead atoms. The van der Waals surface area contributed by atoms with Crippen LogP contribution in [-0.2, 0) is 14.3 Å². The van der Waals surface area contributed by atoms with Gasteiger partial charge in [0, 0.05) is 0 Å². The van der Waals surface area contributed by atoms with Crippen LogP contribution in [0.4, 0.5) is 0 Å². The first kappa shape index (κ1) is 22.8. The molecule has 1 unspecified atom stereocenters. The quantitative estimate of drug-likeness (QED) is 0.256. The van der Waals surface area contributed by atoms with Gasteiger partial charge in [-0.3, -0.25) is 9.59 Å². The summed E-state index contributed by atoms with van der Waals surface area (Å²) >= 11 is 16.4. The maximum Gasteiger partial charge on any atom is 0.307 e. The van der Waals surface area contributed by atoms with Crippen molar-refractivity contribution in [3.63, 3.8) is 0 Å². The van der Waals surface area contributed by atoms with E-state index in [1.165, 1.54) is 32.1 Å². The Morgan fingerprint density at radius 3 is 2.00 bits per heavy atom. The fourth-order valence-corrected chi connectivity index (χ4v) is 2.42. The standard InChI is InChI=1S/C16H27Cl3O4/c1-2-3-4-5-6-7-8-9-10-13(15(21)22)11-14(20)23-12-16(17,18)19/h13H,2-12H2,1H3,(H,21,22). The molecule has 0 aliphatic carbocycles. The first-order chi connectivity index (χ1) is 10.8. The Morgan fingerprint density at radius 1 is 1.00 bits per heavy atom. The molecular weight excluding hydrogens is 363 g/mol. The number of carboxylic acids is 1. The number of hydrogen-bond donors (Lipinski definition) is 1. The number of unbranched alkanes of at least 4 members (excludes halogenated alkanes) is 7. The highest BCUT2D eigenvalue weighted by Gasteiger charge is 2.25. The zero-order chi connectivity index (χ0) is 17.7. The molecule has 0 aliphatic heterocycles. The van der Waals surface area contributed by atoms with E-state index in [0.29, 0.717) is 6.42 Å². The summed E-state index contributed by atoms with van der Waals surface area (Å²) < 4.78 is 3.10. The van der Waals surface area contributed by atoms with E-state index in [0.717, 1.165) is 19.3 Å². The molecule has 136 valence electrons. The van der Waals surface area contributed by atoms with Crippen molar-refractivity contribution in [2.24, 2.45) is 5.92 Å². The van der Waals surface area contributed by atoms with Gasteiger partial charge in [0.05, 0.1) is 12.3 Å². The molecule has 0 amide bonds. The predicted octanol–water partition coefficient (Wildman–Crippen LogP) is 5.52. The topological polar surface area (TPSA) is 63.6 Å². The van der Waals surface area contributed by atoms with Gasteiger partial charge in [-0.05, 0) is 6.42 Å². The average molecular weight is 390 g/mol. The second-order valence-electron chi connectivity index (χ2n) is 5.78. The molecule has 0 spiro atoms. The molecule has 0 rings (SSSR count). The third-order valence-electron chi connectivity index (χ3n) is 3.57. The van der Waals surface area contributed by atoms with Gasteiger partial charge in [-0.15, -0.1) is 0 Å². The van der Waals surface area contributed by atoms with Crippen molar-refractivity contribution in [1.29, 1.82) is 0 Å². The molecule has 0 radical (unpaired) electrons. The van der Waals surface area contributed by atoms with Gasteiger partial charge in [-0.2, -0.15) is 0 Å². The monoisotopic (exact) mass is 388 g/mol. The van der Waals surface area contributed by atoms with Crippen LogP contribution in [0.5, 0.6) is 0 Å². The minimum absolute atomic E-state index is 0.188. The summed E-state index contributed by atoms with van der Waals surface area (Å²) in [4.78, 5) is 22.8. The van der Waals surface area contributed by atoms with E-state index in [1.807, 2.05) is 0 Å². The van der Waals surface area contributed by atoms with E-state index in [2.05, 4.69) is 6.92 Å². The summed E-state index contributed by atoms with van der Waals surface area (Å²) in [7, 11) is 0. The molecule has 0 aromatic carbocycles. The Morgan fingerprint density at radius 2 is 1.52 bits per heavy atom. The van der Waals surface area contributed by atoms with Crippen LogP contribution in [0.25, 0.3) is 0 Å². The molecular formula is C16H27Cl3O4. The van der Waals surface area contributed by atoms with Crippen molar-refractivity contribution in [2.75, 3.05) is 6.61 Å². The molecule has 23 heavy (non-hydrogen) atoms. The largest absolute Gasteiger partial charge is 0.481 e. The number of ether oxygens (including phenoxy) is 1. The zero-order valence-electron chi connectivity index (χ0n) is 13.7. The molecule has 0 saturated carbocycles. The molecule has 0 aromatic heterocycles. The number of alkyl halides is 3. The number of carbonyl (C=O) groups excluding carboxylic acids is 1. The number of carbonyl (C=O) groups is 2. The van der Waals surface area contributed by atoms with Gasteiger partial charge in [0.1, 0.15) is 6.61 Å². The van der Waals surface area contributed by atoms with Gasteiger partial charge in [0.15, 0.2) is 0 Å². The number of halogens is 3. The van der Waals surface area contributed by atoms with Crippen LogP contribution in [0, 0.1) is 5.92 Å². The summed E-state index contributed by atoms with van der Waals surface area (Å²) in [6.45, 7) is 1.81. The molecule has 0 aliphatic rings. The lowest BCUT2D eigenvalue weighted by Crippen LogP contribution is -2.22.